The molecule has 3 N–H and O–H groups in total. The summed E-state index contributed by atoms with van der Waals surface area (Å²) in [5, 5.41) is 2.99. The molecule has 3 aromatic heterocycles. The van der Waals surface area contributed by atoms with Crippen LogP contribution in [0.3, 0.4) is 0 Å². The first kappa shape index (κ1) is 15.5. The van der Waals surface area contributed by atoms with E-state index in [1.807, 2.05) is 0 Å². The van der Waals surface area contributed by atoms with E-state index in [9.17, 15) is 4.39 Å². The largest absolute Gasteiger partial charge is 0.479 e. The molecule has 8 nitrogen and oxygen atoms in total. The van der Waals surface area contributed by atoms with Crippen LogP contribution in [0.4, 0.5) is 21.8 Å². The number of nitrogen functional groups attached to an aromatic ring is 1. The van der Waals surface area contributed by atoms with Crippen LogP contribution >= 0.6 is 0 Å². The van der Waals surface area contributed by atoms with Gasteiger partial charge in [-0.15, -0.1) is 0 Å². The minimum absolute atomic E-state index is 0.0809. The van der Waals surface area contributed by atoms with Gasteiger partial charge in [0.15, 0.2) is 11.6 Å². The Morgan fingerprint density at radius 3 is 2.75 bits per heavy atom. The SMILES string of the molecule is COc1ncc(Nc2ncccc2-c2nc(C)nc(N)n2)cc1F. The summed E-state index contributed by atoms with van der Waals surface area (Å²) in [4.78, 5) is 20.4. The van der Waals surface area contributed by atoms with Gasteiger partial charge in [0.05, 0.1) is 24.6 Å². The van der Waals surface area contributed by atoms with Crippen LogP contribution in [0.1, 0.15) is 5.82 Å². The second-order valence-corrected chi connectivity index (χ2v) is 4.80. The first-order valence-corrected chi connectivity index (χ1v) is 6.97. The minimum atomic E-state index is -0.583. The van der Waals surface area contributed by atoms with Crippen molar-refractivity contribution in [2.75, 3.05) is 18.2 Å². The van der Waals surface area contributed by atoms with Crippen molar-refractivity contribution < 1.29 is 9.13 Å². The highest BCUT2D eigenvalue weighted by atomic mass is 19.1. The predicted octanol–water partition coefficient (Wildman–Crippen LogP) is 2.11. The lowest BCUT2D eigenvalue weighted by molar-refractivity contribution is 0.369. The van der Waals surface area contributed by atoms with E-state index in [4.69, 9.17) is 10.5 Å². The Morgan fingerprint density at radius 2 is 2.04 bits per heavy atom. The first-order valence-electron chi connectivity index (χ1n) is 6.97. The Labute approximate surface area is 137 Å². The fourth-order valence-corrected chi connectivity index (χ4v) is 2.09. The molecule has 122 valence electrons. The van der Waals surface area contributed by atoms with Crippen LogP contribution in [0.25, 0.3) is 11.4 Å². The zero-order valence-corrected chi connectivity index (χ0v) is 13.0. The Balaban J connectivity index is 1.99. The molecule has 0 unspecified atom stereocenters. The summed E-state index contributed by atoms with van der Waals surface area (Å²) in [5.41, 5.74) is 6.69. The predicted molar refractivity (Wildman–Crippen MR) is 86.2 cm³/mol. The minimum Gasteiger partial charge on any atom is -0.479 e. The number of hydrogen-bond acceptors (Lipinski definition) is 8. The third kappa shape index (κ3) is 3.19. The van der Waals surface area contributed by atoms with Crippen LogP contribution in [0, 0.1) is 12.7 Å². The van der Waals surface area contributed by atoms with Gasteiger partial charge in [0.2, 0.25) is 11.8 Å². The Bertz CT molecular complexity index is 867. The molecule has 0 bridgehead atoms. The third-order valence-corrected chi connectivity index (χ3v) is 3.08. The molecule has 0 aromatic carbocycles. The van der Waals surface area contributed by atoms with Crippen LogP contribution in [0.5, 0.6) is 5.88 Å². The maximum Gasteiger partial charge on any atom is 0.250 e. The van der Waals surface area contributed by atoms with Gasteiger partial charge in [0.25, 0.3) is 0 Å². The fraction of sp³-hybridized carbons (Fsp3) is 0.133. The number of aryl methyl sites for hydroxylation is 1. The van der Waals surface area contributed by atoms with Gasteiger partial charge in [-0.3, -0.25) is 0 Å². The van der Waals surface area contributed by atoms with Crippen molar-refractivity contribution in [2.24, 2.45) is 0 Å². The van der Waals surface area contributed by atoms with Gasteiger partial charge in [-0.05, 0) is 19.1 Å². The maximum absolute atomic E-state index is 13.8. The highest BCUT2D eigenvalue weighted by molar-refractivity contribution is 5.74. The lowest BCUT2D eigenvalue weighted by Gasteiger charge is -2.11. The van der Waals surface area contributed by atoms with Gasteiger partial charge < -0.3 is 15.8 Å². The molecule has 3 heterocycles. The molecule has 0 radical (unpaired) electrons. The van der Waals surface area contributed by atoms with Gasteiger partial charge >= 0.3 is 0 Å². The lowest BCUT2D eigenvalue weighted by Crippen LogP contribution is -2.04. The number of methoxy groups -OCH3 is 1. The number of nitrogens with zero attached hydrogens (tertiary/aromatic N) is 5. The molecule has 0 saturated carbocycles. The third-order valence-electron chi connectivity index (χ3n) is 3.08. The molecule has 0 fully saturated rings. The maximum atomic E-state index is 13.8. The van der Waals surface area contributed by atoms with E-state index in [0.717, 1.165) is 0 Å². The smallest absolute Gasteiger partial charge is 0.250 e. The van der Waals surface area contributed by atoms with Crippen molar-refractivity contribution in [3.8, 4) is 17.3 Å². The van der Waals surface area contributed by atoms with Crippen molar-refractivity contribution in [3.63, 3.8) is 0 Å². The Morgan fingerprint density at radius 1 is 1.21 bits per heavy atom. The number of nitrogens with one attached hydrogen (secondary N) is 1. The van der Waals surface area contributed by atoms with Crippen molar-refractivity contribution in [3.05, 3.63) is 42.2 Å². The Kier molecular flexibility index (Phi) is 4.15. The molecular weight excluding hydrogens is 313 g/mol. The molecule has 24 heavy (non-hydrogen) atoms. The van der Waals surface area contributed by atoms with Crippen molar-refractivity contribution in [2.45, 2.75) is 6.92 Å². The lowest BCUT2D eigenvalue weighted by atomic mass is 10.2. The second-order valence-electron chi connectivity index (χ2n) is 4.80. The molecule has 0 aliphatic heterocycles. The number of pyridine rings is 2. The second kappa shape index (κ2) is 6.41. The number of halogens is 1. The van der Waals surface area contributed by atoms with Gasteiger partial charge in [-0.25, -0.2) is 19.3 Å². The van der Waals surface area contributed by atoms with Crippen LogP contribution < -0.4 is 15.8 Å². The van der Waals surface area contributed by atoms with Gasteiger partial charge in [0.1, 0.15) is 11.6 Å². The molecule has 0 aliphatic rings. The Hall–Kier alpha value is -3.36. The van der Waals surface area contributed by atoms with E-state index in [-0.39, 0.29) is 11.8 Å². The van der Waals surface area contributed by atoms with E-state index in [2.05, 4.69) is 30.2 Å². The number of ether oxygens (including phenoxy) is 1. The summed E-state index contributed by atoms with van der Waals surface area (Å²) in [5.74, 6) is 0.753. The summed E-state index contributed by atoms with van der Waals surface area (Å²) >= 11 is 0. The van der Waals surface area contributed by atoms with E-state index in [0.29, 0.717) is 28.7 Å². The summed E-state index contributed by atoms with van der Waals surface area (Å²) in [6.07, 6.45) is 3.03. The van der Waals surface area contributed by atoms with E-state index in [1.54, 1.807) is 25.3 Å². The average Bonchev–Trinajstić information content (AvgIpc) is 2.54. The van der Waals surface area contributed by atoms with Crippen LogP contribution in [0.15, 0.2) is 30.6 Å². The molecule has 3 rings (SSSR count). The average molecular weight is 327 g/mol. The zero-order chi connectivity index (χ0) is 17.1. The van der Waals surface area contributed by atoms with E-state index >= 15 is 0 Å². The topological polar surface area (TPSA) is 112 Å². The summed E-state index contributed by atoms with van der Waals surface area (Å²) in [6, 6.07) is 4.77. The van der Waals surface area contributed by atoms with E-state index in [1.165, 1.54) is 19.4 Å². The normalized spacial score (nSPS) is 10.5. The first-order chi connectivity index (χ1) is 11.6. The van der Waals surface area contributed by atoms with Crippen molar-refractivity contribution >= 4 is 17.5 Å². The summed E-state index contributed by atoms with van der Waals surface area (Å²) in [7, 11) is 1.35. The molecule has 9 heteroatoms. The summed E-state index contributed by atoms with van der Waals surface area (Å²) < 4.78 is 18.6. The standard InChI is InChI=1S/C15H14FN7O/c1-8-20-13(23-15(17)21-8)10-4-3-5-18-12(10)22-9-6-11(16)14(24-2)19-7-9/h3-7H,1-2H3,(H,18,22)(H2,17,20,21,23). The van der Waals surface area contributed by atoms with Crippen molar-refractivity contribution in [1.29, 1.82) is 0 Å². The molecule has 0 atom stereocenters. The van der Waals surface area contributed by atoms with Gasteiger partial charge in [-0.1, -0.05) is 0 Å². The molecule has 0 amide bonds. The molecule has 3 aromatic rings. The molecule has 0 aliphatic carbocycles. The van der Waals surface area contributed by atoms with Gasteiger partial charge in [-0.2, -0.15) is 9.97 Å². The van der Waals surface area contributed by atoms with Crippen LogP contribution in [-0.4, -0.2) is 32.0 Å². The molecule has 0 spiro atoms. The number of anilines is 3. The number of nitrogens with two attached hydrogens (primary N) is 1. The zero-order valence-electron chi connectivity index (χ0n) is 13.0. The van der Waals surface area contributed by atoms with Crippen LogP contribution in [0.2, 0.25) is 0 Å². The highest BCUT2D eigenvalue weighted by Gasteiger charge is 2.12. The summed E-state index contributed by atoms with van der Waals surface area (Å²) in [6.45, 7) is 1.72. The van der Waals surface area contributed by atoms with E-state index < -0.39 is 5.82 Å². The fourth-order valence-electron chi connectivity index (χ4n) is 2.09. The number of hydrogen-bond donors (Lipinski definition) is 2. The number of aromatic nitrogens is 5. The van der Waals surface area contributed by atoms with Crippen LogP contribution in [-0.2, 0) is 0 Å². The molecule has 0 saturated heterocycles. The monoisotopic (exact) mass is 327 g/mol. The van der Waals surface area contributed by atoms with Crippen molar-refractivity contribution in [1.82, 2.24) is 24.9 Å². The molecular formula is C15H14FN7O. The van der Waals surface area contributed by atoms with Gasteiger partial charge in [0, 0.05) is 12.3 Å². The number of rotatable bonds is 4. The highest BCUT2D eigenvalue weighted by Crippen LogP contribution is 2.27. The quantitative estimate of drug-likeness (QED) is 0.749.